The molecule has 0 amide bonds. The summed E-state index contributed by atoms with van der Waals surface area (Å²) < 4.78 is 47.7. The molecule has 234 valence electrons. The number of sulfone groups is 1. The van der Waals surface area contributed by atoms with Gasteiger partial charge in [0.05, 0.1) is 36.6 Å². The highest BCUT2D eigenvalue weighted by atomic mass is 79.9. The van der Waals surface area contributed by atoms with Crippen LogP contribution in [0.5, 0.6) is 11.5 Å². The molecular formula is C32H45BrO8S. The number of carbonyl (C=O) groups excluding carboxylic acids is 2. The molecule has 0 heterocycles. The maximum Gasteiger partial charge on any atom is 0.306 e. The molecule has 0 aliphatic carbocycles. The van der Waals surface area contributed by atoms with Gasteiger partial charge >= 0.3 is 11.9 Å². The number of aryl methyl sites for hydroxylation is 1. The van der Waals surface area contributed by atoms with Crippen molar-refractivity contribution in [1.82, 2.24) is 0 Å². The van der Waals surface area contributed by atoms with E-state index in [0.717, 1.165) is 49.0 Å². The summed E-state index contributed by atoms with van der Waals surface area (Å²) in [5, 5.41) is -0.506. The number of esters is 2. The van der Waals surface area contributed by atoms with E-state index in [1.54, 1.807) is 45.9 Å². The van der Waals surface area contributed by atoms with E-state index in [4.69, 9.17) is 18.9 Å². The average Bonchev–Trinajstić information content (AvgIpc) is 2.94. The fraction of sp³-hybridized carbons (Fsp3) is 0.562. The molecule has 0 atom stereocenters. The minimum absolute atomic E-state index is 0.233. The van der Waals surface area contributed by atoms with Crippen molar-refractivity contribution in [2.75, 3.05) is 26.4 Å². The third-order valence-electron chi connectivity index (χ3n) is 6.61. The Morgan fingerprint density at radius 3 is 2.17 bits per heavy atom. The van der Waals surface area contributed by atoms with E-state index in [-0.39, 0.29) is 23.3 Å². The second kappa shape index (κ2) is 18.8. The maximum absolute atomic E-state index is 12.5. The quantitative estimate of drug-likeness (QED) is 0.109. The molecule has 42 heavy (non-hydrogen) atoms. The fourth-order valence-electron chi connectivity index (χ4n) is 4.37. The Kier molecular flexibility index (Phi) is 16.0. The van der Waals surface area contributed by atoms with Crippen LogP contribution in [0.1, 0.15) is 83.8 Å². The van der Waals surface area contributed by atoms with Gasteiger partial charge in [-0.2, -0.15) is 0 Å². The lowest BCUT2D eigenvalue weighted by atomic mass is 9.96. The highest BCUT2D eigenvalue weighted by molar-refractivity contribution is 9.10. The highest BCUT2D eigenvalue weighted by Gasteiger charge is 2.20. The Bertz CT molecular complexity index is 1240. The lowest BCUT2D eigenvalue weighted by molar-refractivity contribution is -0.144. The van der Waals surface area contributed by atoms with E-state index in [9.17, 15) is 18.0 Å². The van der Waals surface area contributed by atoms with Gasteiger partial charge in [-0.15, -0.1) is 0 Å². The number of carbonyl (C=O) groups is 2. The first-order valence-corrected chi connectivity index (χ1v) is 17.1. The average molecular weight is 670 g/mol. The van der Waals surface area contributed by atoms with Crippen LogP contribution in [0, 0.1) is 0 Å². The topological polar surface area (TPSA) is 105 Å². The molecule has 0 radical (unpaired) electrons. The molecule has 2 rings (SSSR count). The number of ether oxygens (including phenoxy) is 4. The molecule has 0 fully saturated rings. The van der Waals surface area contributed by atoms with E-state index >= 15 is 0 Å². The second-order valence-corrected chi connectivity index (χ2v) is 13.6. The number of benzene rings is 2. The smallest absolute Gasteiger partial charge is 0.306 e. The number of unbranched alkanes of at least 4 members (excludes halogenated alkanes) is 3. The van der Waals surface area contributed by atoms with Gasteiger partial charge in [-0.1, -0.05) is 40.9 Å². The molecule has 0 aliphatic heterocycles. The molecule has 0 spiro atoms. The summed E-state index contributed by atoms with van der Waals surface area (Å²) in [5.74, 6) is 0.805. The van der Waals surface area contributed by atoms with Gasteiger partial charge < -0.3 is 18.9 Å². The molecule has 0 saturated heterocycles. The van der Waals surface area contributed by atoms with Gasteiger partial charge in [0.2, 0.25) is 0 Å². The van der Waals surface area contributed by atoms with Crippen LogP contribution in [0.3, 0.4) is 0 Å². The molecule has 8 nitrogen and oxygen atoms in total. The molecule has 2 aromatic rings. The van der Waals surface area contributed by atoms with Crippen molar-refractivity contribution in [1.29, 1.82) is 0 Å². The van der Waals surface area contributed by atoms with Crippen molar-refractivity contribution in [3.63, 3.8) is 0 Å². The van der Waals surface area contributed by atoms with Gasteiger partial charge in [-0.3, -0.25) is 9.59 Å². The van der Waals surface area contributed by atoms with Gasteiger partial charge in [0.25, 0.3) is 0 Å². The number of hydrogen-bond acceptors (Lipinski definition) is 8. The molecule has 10 heteroatoms. The molecule has 0 N–H and O–H groups in total. The van der Waals surface area contributed by atoms with Crippen LogP contribution in [0.15, 0.2) is 45.8 Å². The number of halogens is 1. The Morgan fingerprint density at radius 2 is 1.48 bits per heavy atom. The van der Waals surface area contributed by atoms with Crippen LogP contribution in [-0.4, -0.2) is 52.0 Å². The van der Waals surface area contributed by atoms with Crippen LogP contribution >= 0.6 is 15.9 Å². The molecule has 0 saturated carbocycles. The SMILES string of the molecule is CCOC(=O)CCCOc1cccc(CCCCCCOc2cc(Br)cc(S(=O)(=O)C(C)C)c2)c1CCC(=O)OCC. The van der Waals surface area contributed by atoms with Crippen LogP contribution in [0.2, 0.25) is 0 Å². The first-order valence-electron chi connectivity index (χ1n) is 14.8. The van der Waals surface area contributed by atoms with E-state index in [2.05, 4.69) is 22.0 Å². The molecule has 0 unspecified atom stereocenters. The van der Waals surface area contributed by atoms with Gasteiger partial charge in [0, 0.05) is 17.3 Å². The van der Waals surface area contributed by atoms with Crippen molar-refractivity contribution in [2.24, 2.45) is 0 Å². The minimum atomic E-state index is -3.39. The Morgan fingerprint density at radius 1 is 0.810 bits per heavy atom. The van der Waals surface area contributed by atoms with Gasteiger partial charge in [0.1, 0.15) is 11.5 Å². The summed E-state index contributed by atoms with van der Waals surface area (Å²) in [6.07, 6.45) is 6.27. The second-order valence-electron chi connectivity index (χ2n) is 10.2. The summed E-state index contributed by atoms with van der Waals surface area (Å²) in [5.41, 5.74) is 2.15. The first kappa shape index (κ1) is 35.6. The van der Waals surface area contributed by atoms with Crippen LogP contribution < -0.4 is 9.47 Å². The van der Waals surface area contributed by atoms with Gasteiger partial charge in [-0.25, -0.2) is 8.42 Å². The van der Waals surface area contributed by atoms with Crippen molar-refractivity contribution < 1.29 is 37.0 Å². The Labute approximate surface area is 259 Å². The van der Waals surface area contributed by atoms with Crippen LogP contribution in [0.25, 0.3) is 0 Å². The predicted molar refractivity (Wildman–Crippen MR) is 167 cm³/mol. The highest BCUT2D eigenvalue weighted by Crippen LogP contribution is 2.28. The normalized spacial score (nSPS) is 11.4. The van der Waals surface area contributed by atoms with E-state index in [0.29, 0.717) is 55.9 Å². The van der Waals surface area contributed by atoms with Crippen molar-refractivity contribution in [3.05, 3.63) is 52.0 Å². The lowest BCUT2D eigenvalue weighted by Gasteiger charge is -2.16. The summed E-state index contributed by atoms with van der Waals surface area (Å²) in [7, 11) is -3.39. The number of hydrogen-bond donors (Lipinski definition) is 0. The van der Waals surface area contributed by atoms with Gasteiger partial charge in [-0.05, 0) is 95.2 Å². The maximum atomic E-state index is 12.5. The minimum Gasteiger partial charge on any atom is -0.494 e. The molecule has 2 aromatic carbocycles. The third kappa shape index (κ3) is 12.3. The monoisotopic (exact) mass is 668 g/mol. The van der Waals surface area contributed by atoms with E-state index < -0.39 is 15.1 Å². The lowest BCUT2D eigenvalue weighted by Crippen LogP contribution is -2.14. The summed E-state index contributed by atoms with van der Waals surface area (Å²) >= 11 is 3.39. The van der Waals surface area contributed by atoms with Crippen LogP contribution in [0.4, 0.5) is 0 Å². The van der Waals surface area contributed by atoms with E-state index in [1.165, 1.54) is 0 Å². The third-order valence-corrected chi connectivity index (χ3v) is 9.20. The van der Waals surface area contributed by atoms with Gasteiger partial charge in [0.15, 0.2) is 9.84 Å². The zero-order valence-corrected chi connectivity index (χ0v) is 27.7. The van der Waals surface area contributed by atoms with Crippen molar-refractivity contribution >= 4 is 37.7 Å². The predicted octanol–water partition coefficient (Wildman–Crippen LogP) is 7.03. The largest absolute Gasteiger partial charge is 0.494 e. The summed E-state index contributed by atoms with van der Waals surface area (Å²) in [6.45, 7) is 8.50. The Balaban J connectivity index is 1.89. The zero-order valence-electron chi connectivity index (χ0n) is 25.3. The molecular weight excluding hydrogens is 624 g/mol. The molecule has 0 aliphatic rings. The summed E-state index contributed by atoms with van der Waals surface area (Å²) in [6, 6.07) is 10.9. The summed E-state index contributed by atoms with van der Waals surface area (Å²) in [4.78, 5) is 23.9. The molecule has 0 bridgehead atoms. The Hall–Kier alpha value is -2.59. The fourth-order valence-corrected chi connectivity index (χ4v) is 6.11. The van der Waals surface area contributed by atoms with Crippen molar-refractivity contribution in [3.8, 4) is 11.5 Å². The zero-order chi connectivity index (χ0) is 31.0. The standard InChI is InChI=1S/C32H45BrO8S/c1-5-38-31(34)16-12-20-41-30-15-11-14-25(29(30)17-18-32(35)39-6-2)13-9-7-8-10-19-40-27-21-26(33)22-28(23-27)42(36,37)24(3)4/h11,14-15,21-24H,5-10,12-13,16-20H2,1-4H3. The first-order chi connectivity index (χ1) is 20.1. The number of rotatable bonds is 20. The van der Waals surface area contributed by atoms with Crippen molar-refractivity contribution in [2.45, 2.75) is 95.6 Å². The molecule has 0 aromatic heterocycles. The van der Waals surface area contributed by atoms with E-state index in [1.807, 2.05) is 12.1 Å². The van der Waals surface area contributed by atoms with Crippen LogP contribution in [-0.2, 0) is 41.7 Å².